The van der Waals surface area contributed by atoms with E-state index in [0.29, 0.717) is 11.4 Å². The first-order valence-corrected chi connectivity index (χ1v) is 7.00. The van der Waals surface area contributed by atoms with Crippen LogP contribution in [0.4, 0.5) is 14.5 Å². The van der Waals surface area contributed by atoms with E-state index in [4.69, 9.17) is 11.6 Å². The van der Waals surface area contributed by atoms with Crippen LogP contribution >= 0.6 is 11.6 Å². The number of aryl methyl sites for hydroxylation is 1. The maximum Gasteiger partial charge on any atom is 0.387 e. The van der Waals surface area contributed by atoms with E-state index >= 15 is 0 Å². The highest BCUT2D eigenvalue weighted by Gasteiger charge is 2.11. The van der Waals surface area contributed by atoms with Crippen LogP contribution in [-0.2, 0) is 11.2 Å². The quantitative estimate of drug-likeness (QED) is 0.848. The SMILES string of the molecule is O=C(CCc1cccc(Cl)c1)Nc1ccccc1OC(F)F. The molecule has 0 bridgehead atoms. The lowest BCUT2D eigenvalue weighted by atomic mass is 10.1. The number of para-hydroxylation sites is 2. The van der Waals surface area contributed by atoms with Crippen LogP contribution in [0.1, 0.15) is 12.0 Å². The lowest BCUT2D eigenvalue weighted by molar-refractivity contribution is -0.116. The average molecular weight is 326 g/mol. The summed E-state index contributed by atoms with van der Waals surface area (Å²) in [7, 11) is 0. The molecule has 0 saturated heterocycles. The number of nitrogens with one attached hydrogen (secondary N) is 1. The van der Waals surface area contributed by atoms with E-state index in [0.717, 1.165) is 5.56 Å². The van der Waals surface area contributed by atoms with Gasteiger partial charge in [-0.15, -0.1) is 0 Å². The van der Waals surface area contributed by atoms with Gasteiger partial charge < -0.3 is 10.1 Å². The van der Waals surface area contributed by atoms with Gasteiger partial charge in [-0.05, 0) is 36.2 Å². The van der Waals surface area contributed by atoms with Gasteiger partial charge in [0.2, 0.25) is 5.91 Å². The number of halogens is 3. The molecule has 0 aromatic heterocycles. The number of carbonyl (C=O) groups excluding carboxylic acids is 1. The van der Waals surface area contributed by atoms with Crippen LogP contribution in [0.2, 0.25) is 5.02 Å². The van der Waals surface area contributed by atoms with Crippen molar-refractivity contribution in [1.29, 1.82) is 0 Å². The molecule has 2 aromatic carbocycles. The number of benzene rings is 2. The molecule has 6 heteroatoms. The Bertz CT molecular complexity index is 650. The lowest BCUT2D eigenvalue weighted by Gasteiger charge is -2.11. The first-order valence-electron chi connectivity index (χ1n) is 6.63. The third kappa shape index (κ3) is 5.00. The molecule has 1 N–H and O–H groups in total. The summed E-state index contributed by atoms with van der Waals surface area (Å²) in [4.78, 5) is 11.9. The van der Waals surface area contributed by atoms with E-state index < -0.39 is 6.61 Å². The minimum absolute atomic E-state index is 0.0615. The third-order valence-electron chi connectivity index (χ3n) is 2.91. The first-order chi connectivity index (χ1) is 10.5. The molecule has 22 heavy (non-hydrogen) atoms. The Morgan fingerprint density at radius 3 is 2.68 bits per heavy atom. The summed E-state index contributed by atoms with van der Waals surface area (Å²) in [5, 5.41) is 3.18. The molecule has 2 rings (SSSR count). The van der Waals surface area contributed by atoms with Crippen LogP contribution in [0.15, 0.2) is 48.5 Å². The minimum Gasteiger partial charge on any atom is -0.433 e. The Morgan fingerprint density at radius 1 is 1.18 bits per heavy atom. The predicted octanol–water partition coefficient (Wildman–Crippen LogP) is 4.51. The summed E-state index contributed by atoms with van der Waals surface area (Å²) in [6, 6.07) is 13.3. The zero-order valence-electron chi connectivity index (χ0n) is 11.6. The van der Waals surface area contributed by atoms with Crippen molar-refractivity contribution in [1.82, 2.24) is 0 Å². The van der Waals surface area contributed by atoms with Crippen LogP contribution in [-0.4, -0.2) is 12.5 Å². The molecule has 0 aliphatic heterocycles. The standard InChI is InChI=1S/C16H14ClF2NO2/c17-12-5-3-4-11(10-12)8-9-15(21)20-13-6-1-2-7-14(13)22-16(18)19/h1-7,10,16H,8-9H2,(H,20,21). The van der Waals surface area contributed by atoms with Crippen molar-refractivity contribution >= 4 is 23.2 Å². The fourth-order valence-corrected chi connectivity index (χ4v) is 2.14. The minimum atomic E-state index is -2.94. The maximum atomic E-state index is 12.3. The number of carbonyl (C=O) groups is 1. The van der Waals surface area contributed by atoms with E-state index in [1.54, 1.807) is 30.3 Å². The highest BCUT2D eigenvalue weighted by atomic mass is 35.5. The molecular weight excluding hydrogens is 312 g/mol. The molecule has 0 spiro atoms. The molecule has 0 saturated carbocycles. The smallest absolute Gasteiger partial charge is 0.387 e. The highest BCUT2D eigenvalue weighted by Crippen LogP contribution is 2.25. The van der Waals surface area contributed by atoms with Crippen molar-refractivity contribution in [2.24, 2.45) is 0 Å². The molecule has 1 amide bonds. The summed E-state index contributed by atoms with van der Waals surface area (Å²) in [6.45, 7) is -2.94. The highest BCUT2D eigenvalue weighted by molar-refractivity contribution is 6.30. The van der Waals surface area contributed by atoms with Gasteiger partial charge in [0.25, 0.3) is 0 Å². The summed E-state index contributed by atoms with van der Waals surface area (Å²) in [6.07, 6.45) is 0.716. The van der Waals surface area contributed by atoms with Gasteiger partial charge >= 0.3 is 6.61 Å². The second-order valence-corrected chi connectivity index (χ2v) is 4.99. The average Bonchev–Trinajstić information content (AvgIpc) is 2.47. The van der Waals surface area contributed by atoms with E-state index in [1.165, 1.54) is 12.1 Å². The molecule has 3 nitrogen and oxygen atoms in total. The van der Waals surface area contributed by atoms with Gasteiger partial charge in [0, 0.05) is 11.4 Å². The fraction of sp³-hybridized carbons (Fsp3) is 0.188. The molecule has 0 heterocycles. The van der Waals surface area contributed by atoms with E-state index in [1.807, 2.05) is 6.07 Å². The summed E-state index contributed by atoms with van der Waals surface area (Å²) in [5.41, 5.74) is 1.15. The van der Waals surface area contributed by atoms with Gasteiger partial charge in [0.1, 0.15) is 5.75 Å². The second-order valence-electron chi connectivity index (χ2n) is 4.55. The lowest BCUT2D eigenvalue weighted by Crippen LogP contribution is -2.14. The zero-order valence-corrected chi connectivity index (χ0v) is 12.3. The Morgan fingerprint density at radius 2 is 1.95 bits per heavy atom. The number of ether oxygens (including phenoxy) is 1. The molecule has 116 valence electrons. The first kappa shape index (κ1) is 16.2. The van der Waals surface area contributed by atoms with Gasteiger partial charge in [0.15, 0.2) is 0 Å². The van der Waals surface area contributed by atoms with Crippen LogP contribution < -0.4 is 10.1 Å². The van der Waals surface area contributed by atoms with Crippen LogP contribution in [0.25, 0.3) is 0 Å². The van der Waals surface area contributed by atoms with Gasteiger partial charge in [-0.25, -0.2) is 0 Å². The van der Waals surface area contributed by atoms with Crippen molar-refractivity contribution in [3.8, 4) is 5.75 Å². The van der Waals surface area contributed by atoms with Crippen molar-refractivity contribution in [2.75, 3.05) is 5.32 Å². The number of amides is 1. The van der Waals surface area contributed by atoms with Crippen molar-refractivity contribution < 1.29 is 18.3 Å². The molecular formula is C16H14ClF2NO2. The van der Waals surface area contributed by atoms with Crippen LogP contribution in [0.5, 0.6) is 5.75 Å². The largest absolute Gasteiger partial charge is 0.433 e. The van der Waals surface area contributed by atoms with E-state index in [2.05, 4.69) is 10.1 Å². The summed E-state index contributed by atoms with van der Waals surface area (Å²) in [5.74, 6) is -0.348. The Hall–Kier alpha value is -2.14. The number of rotatable bonds is 6. The van der Waals surface area contributed by atoms with Gasteiger partial charge in [-0.1, -0.05) is 35.9 Å². The number of hydrogen-bond acceptors (Lipinski definition) is 2. The second kappa shape index (κ2) is 7.75. The molecule has 0 aliphatic carbocycles. The van der Waals surface area contributed by atoms with Gasteiger partial charge in [-0.2, -0.15) is 8.78 Å². The van der Waals surface area contributed by atoms with Crippen LogP contribution in [0, 0.1) is 0 Å². The van der Waals surface area contributed by atoms with E-state index in [9.17, 15) is 13.6 Å². The molecule has 0 fully saturated rings. The summed E-state index contributed by atoms with van der Waals surface area (Å²) < 4.78 is 29.0. The molecule has 2 aromatic rings. The molecule has 0 radical (unpaired) electrons. The topological polar surface area (TPSA) is 38.3 Å². The summed E-state index contributed by atoms with van der Waals surface area (Å²) >= 11 is 5.87. The van der Waals surface area contributed by atoms with Crippen molar-refractivity contribution in [2.45, 2.75) is 19.5 Å². The van der Waals surface area contributed by atoms with E-state index in [-0.39, 0.29) is 23.8 Å². The van der Waals surface area contributed by atoms with Crippen molar-refractivity contribution in [3.05, 3.63) is 59.1 Å². The van der Waals surface area contributed by atoms with Gasteiger partial charge in [0.05, 0.1) is 5.69 Å². The van der Waals surface area contributed by atoms with Crippen LogP contribution in [0.3, 0.4) is 0 Å². The monoisotopic (exact) mass is 325 g/mol. The number of hydrogen-bond donors (Lipinski definition) is 1. The van der Waals surface area contributed by atoms with Gasteiger partial charge in [-0.3, -0.25) is 4.79 Å². The predicted molar refractivity (Wildman–Crippen MR) is 81.5 cm³/mol. The Balaban J connectivity index is 1.95. The number of alkyl halides is 2. The molecule has 0 aliphatic rings. The zero-order chi connectivity index (χ0) is 15.9. The number of anilines is 1. The Labute approximate surface area is 131 Å². The third-order valence-corrected chi connectivity index (χ3v) is 3.14. The fourth-order valence-electron chi connectivity index (χ4n) is 1.93. The normalized spacial score (nSPS) is 10.5. The van der Waals surface area contributed by atoms with Crippen molar-refractivity contribution in [3.63, 3.8) is 0 Å². The Kier molecular flexibility index (Phi) is 5.72. The molecule has 0 unspecified atom stereocenters. The maximum absolute atomic E-state index is 12.3. The molecule has 0 atom stereocenters.